The number of aromatic nitrogens is 2. The summed E-state index contributed by atoms with van der Waals surface area (Å²) in [5.41, 5.74) is -6.07. The van der Waals surface area contributed by atoms with Crippen LogP contribution in [-0.4, -0.2) is 9.97 Å². The Morgan fingerprint density at radius 3 is 1.08 bits per heavy atom. The molecule has 0 amide bonds. The molecule has 7 aromatic rings. The zero-order chi connectivity index (χ0) is 35.8. The standard InChI is InChI=1S/C34H6F8N8/c35-21-17(7-43)22(36)26(40)19(25(21)39)11-1-3-13-15(5-11)29(47-9-45)33-31(13)49-34-30(48-10-46)16-6-12(2-4-14(16)32(34)50-33)20-27(41)23(37)18(8-44)24(38)28(20)42/h1-6H. The fraction of sp³-hybridized carbons (Fsp3) is 0. The van der Waals surface area contributed by atoms with Crippen LogP contribution in [0.5, 0.6) is 0 Å². The molecule has 0 aliphatic rings. The van der Waals surface area contributed by atoms with E-state index in [0.717, 1.165) is 36.4 Å². The van der Waals surface area contributed by atoms with Crippen molar-refractivity contribution in [1.29, 1.82) is 21.0 Å². The second-order valence-corrected chi connectivity index (χ2v) is 10.5. The van der Waals surface area contributed by atoms with Gasteiger partial charge in [0, 0.05) is 21.5 Å². The molecule has 0 N–H and O–H groups in total. The van der Waals surface area contributed by atoms with Crippen LogP contribution in [0.3, 0.4) is 0 Å². The van der Waals surface area contributed by atoms with E-state index < -0.39 is 79.9 Å². The molecule has 0 aliphatic carbocycles. The quantitative estimate of drug-likeness (QED) is 0.110. The Morgan fingerprint density at radius 1 is 0.440 bits per heavy atom. The van der Waals surface area contributed by atoms with Gasteiger partial charge in [0.2, 0.25) is 12.4 Å². The van der Waals surface area contributed by atoms with Crippen LogP contribution in [0.15, 0.2) is 46.4 Å². The summed E-state index contributed by atoms with van der Waals surface area (Å²) in [6, 6.07) is 8.95. The summed E-state index contributed by atoms with van der Waals surface area (Å²) in [4.78, 5) is 16.7. The van der Waals surface area contributed by atoms with Gasteiger partial charge in [-0.3, -0.25) is 0 Å². The molecule has 0 atom stereocenters. The van der Waals surface area contributed by atoms with Crippen LogP contribution in [0.25, 0.3) is 65.9 Å². The van der Waals surface area contributed by atoms with Gasteiger partial charge in [-0.05, 0) is 23.3 Å². The molecule has 50 heavy (non-hydrogen) atoms. The molecule has 0 radical (unpaired) electrons. The third-order valence-electron chi connectivity index (χ3n) is 8.06. The van der Waals surface area contributed by atoms with Gasteiger partial charge in [0.15, 0.2) is 46.5 Å². The van der Waals surface area contributed by atoms with Gasteiger partial charge in [0.05, 0.1) is 22.2 Å². The van der Waals surface area contributed by atoms with Crippen LogP contribution in [0.1, 0.15) is 11.1 Å². The smallest absolute Gasteiger partial charge is 0.206 e. The summed E-state index contributed by atoms with van der Waals surface area (Å²) in [6.45, 7) is 0. The van der Waals surface area contributed by atoms with E-state index in [4.69, 9.17) is 10.5 Å². The van der Waals surface area contributed by atoms with Gasteiger partial charge in [-0.25, -0.2) is 45.1 Å². The maximum absolute atomic E-state index is 14.9. The van der Waals surface area contributed by atoms with Crippen LogP contribution in [0.4, 0.5) is 35.1 Å². The first-order valence-electron chi connectivity index (χ1n) is 13.7. The largest absolute Gasteiger partial charge is 0.241 e. The van der Waals surface area contributed by atoms with Crippen molar-refractivity contribution in [3.63, 3.8) is 0 Å². The Hall–Kier alpha value is -7.30. The Kier molecular flexibility index (Phi) is 6.98. The molecule has 1 aromatic heterocycles. The van der Waals surface area contributed by atoms with E-state index >= 15 is 0 Å². The lowest BCUT2D eigenvalue weighted by molar-refractivity contribution is 0.454. The number of nitrogens with zero attached hydrogens (tertiary/aromatic N) is 8. The minimum atomic E-state index is -1.91. The highest BCUT2D eigenvalue weighted by atomic mass is 19.2. The minimum Gasteiger partial charge on any atom is -0.241 e. The molecule has 6 aromatic carbocycles. The lowest BCUT2D eigenvalue weighted by Gasteiger charge is -2.09. The number of nitriles is 4. The highest BCUT2D eigenvalue weighted by Gasteiger charge is 2.29. The SMILES string of the molecule is N#CN=c1c2cc(-c3c(F)c(F)c(C#N)c(F)c3F)ccc2c2nc3c(=NC#N)c4cc(-c5c(F)c(F)c(C#N)c(F)c5F)ccc4c3nc12. The summed E-state index contributed by atoms with van der Waals surface area (Å²) in [6.07, 6.45) is 3.15. The number of hydrogen-bond donors (Lipinski definition) is 0. The van der Waals surface area contributed by atoms with Gasteiger partial charge in [0.25, 0.3) is 0 Å². The first-order valence-corrected chi connectivity index (χ1v) is 13.7. The molecule has 0 spiro atoms. The van der Waals surface area contributed by atoms with E-state index in [-0.39, 0.29) is 54.3 Å². The normalized spacial score (nSPS) is 12.2. The predicted octanol–water partition coefficient (Wildman–Crippen LogP) is 6.92. The van der Waals surface area contributed by atoms with E-state index in [2.05, 4.69) is 20.0 Å². The number of halogens is 8. The zero-order valence-electron chi connectivity index (χ0n) is 24.1. The summed E-state index contributed by atoms with van der Waals surface area (Å²) in [7, 11) is 0. The molecule has 16 heteroatoms. The molecular formula is C34H6F8N8. The van der Waals surface area contributed by atoms with Gasteiger partial charge in [-0.15, -0.1) is 0 Å². The molecule has 0 fully saturated rings. The molecule has 0 saturated carbocycles. The third kappa shape index (κ3) is 4.13. The van der Waals surface area contributed by atoms with E-state index in [1.165, 1.54) is 12.1 Å². The van der Waals surface area contributed by atoms with Gasteiger partial charge in [-0.1, -0.05) is 24.3 Å². The third-order valence-corrected chi connectivity index (χ3v) is 8.06. The van der Waals surface area contributed by atoms with Gasteiger partial charge in [0.1, 0.15) is 45.0 Å². The topological polar surface area (TPSA) is 146 Å². The van der Waals surface area contributed by atoms with Crippen LogP contribution < -0.4 is 10.7 Å². The molecule has 238 valence electrons. The summed E-state index contributed by atoms with van der Waals surface area (Å²) >= 11 is 0. The van der Waals surface area contributed by atoms with Crippen molar-refractivity contribution in [3.05, 3.63) is 105 Å². The van der Waals surface area contributed by atoms with Crippen molar-refractivity contribution < 1.29 is 35.1 Å². The molecule has 0 saturated heterocycles. The maximum Gasteiger partial charge on any atom is 0.206 e. The average molecular weight is 678 g/mol. The molecule has 7 rings (SSSR count). The van der Waals surface area contributed by atoms with Crippen molar-refractivity contribution in [2.45, 2.75) is 0 Å². The lowest BCUT2D eigenvalue weighted by Crippen LogP contribution is -2.05. The predicted molar refractivity (Wildman–Crippen MR) is 157 cm³/mol. The molecule has 0 aliphatic heterocycles. The van der Waals surface area contributed by atoms with Gasteiger partial charge in [-0.2, -0.15) is 31.0 Å². The first kappa shape index (κ1) is 31.3. The summed E-state index contributed by atoms with van der Waals surface area (Å²) < 4.78 is 118. The second kappa shape index (κ2) is 11.2. The number of rotatable bonds is 2. The number of hydrogen-bond acceptors (Lipinski definition) is 8. The van der Waals surface area contributed by atoms with Crippen molar-refractivity contribution in [2.24, 2.45) is 9.98 Å². The molecule has 1 heterocycles. The Bertz CT molecular complexity index is 2760. The second-order valence-electron chi connectivity index (χ2n) is 10.5. The first-order chi connectivity index (χ1) is 24.0. The van der Waals surface area contributed by atoms with Gasteiger partial charge < -0.3 is 0 Å². The Labute approximate surface area is 271 Å². The number of benzene rings is 4. The van der Waals surface area contributed by atoms with Crippen LogP contribution in [-0.2, 0) is 0 Å². The van der Waals surface area contributed by atoms with E-state index in [0.29, 0.717) is 0 Å². The Morgan fingerprint density at radius 2 is 0.780 bits per heavy atom. The van der Waals surface area contributed by atoms with E-state index in [1.807, 2.05) is 0 Å². The lowest BCUT2D eigenvalue weighted by atomic mass is 9.99. The molecular weight excluding hydrogens is 672 g/mol. The monoisotopic (exact) mass is 678 g/mol. The highest BCUT2D eigenvalue weighted by Crippen LogP contribution is 2.37. The average Bonchev–Trinajstić information content (AvgIpc) is 3.57. The molecule has 8 nitrogen and oxygen atoms in total. The van der Waals surface area contributed by atoms with Crippen molar-refractivity contribution in [1.82, 2.24) is 9.97 Å². The van der Waals surface area contributed by atoms with Crippen LogP contribution >= 0.6 is 0 Å². The Balaban J connectivity index is 1.54. The van der Waals surface area contributed by atoms with Crippen molar-refractivity contribution in [2.75, 3.05) is 0 Å². The van der Waals surface area contributed by atoms with Gasteiger partial charge >= 0.3 is 0 Å². The van der Waals surface area contributed by atoms with E-state index in [1.54, 1.807) is 12.4 Å². The number of fused-ring (bicyclic) bond motifs is 6. The summed E-state index contributed by atoms with van der Waals surface area (Å²) in [5.74, 6) is -15.0. The molecule has 0 unspecified atom stereocenters. The minimum absolute atomic E-state index is 0.0110. The van der Waals surface area contributed by atoms with Crippen molar-refractivity contribution >= 4 is 43.6 Å². The van der Waals surface area contributed by atoms with Crippen LogP contribution in [0.2, 0.25) is 0 Å². The molecule has 0 bridgehead atoms. The highest BCUT2D eigenvalue weighted by molar-refractivity contribution is 6.15. The zero-order valence-corrected chi connectivity index (χ0v) is 24.1. The summed E-state index contributed by atoms with van der Waals surface area (Å²) in [5, 5.41) is 36.8. The fourth-order valence-corrected chi connectivity index (χ4v) is 5.89. The van der Waals surface area contributed by atoms with Crippen LogP contribution in [0, 0.1) is 92.1 Å². The van der Waals surface area contributed by atoms with Crippen molar-refractivity contribution in [3.8, 4) is 46.8 Å². The fourth-order valence-electron chi connectivity index (χ4n) is 5.89. The van der Waals surface area contributed by atoms with E-state index in [9.17, 15) is 45.6 Å². The maximum atomic E-state index is 14.9.